The molecule has 1 aliphatic heterocycles. The van der Waals surface area contributed by atoms with Gasteiger partial charge < -0.3 is 19.1 Å². The van der Waals surface area contributed by atoms with Crippen molar-refractivity contribution in [3.8, 4) is 17.2 Å². The summed E-state index contributed by atoms with van der Waals surface area (Å²) < 4.78 is 16.9. The number of benzene rings is 3. The van der Waals surface area contributed by atoms with Gasteiger partial charge in [-0.15, -0.1) is 0 Å². The fraction of sp³-hybridized carbons (Fsp3) is 0.208. The second kappa shape index (κ2) is 8.27. The summed E-state index contributed by atoms with van der Waals surface area (Å²) in [7, 11) is 3.42. The van der Waals surface area contributed by atoms with Crippen LogP contribution in [0.25, 0.3) is 16.8 Å². The number of rotatable bonds is 5. The zero-order valence-electron chi connectivity index (χ0n) is 16.5. The lowest BCUT2D eigenvalue weighted by Crippen LogP contribution is -2.41. The number of methoxy groups -OCH3 is 1. The first-order chi connectivity index (χ1) is 14.1. The number of para-hydroxylation sites is 2. The molecule has 4 rings (SSSR count). The number of carbonyl (C=O) groups is 1. The molecule has 0 fully saturated rings. The van der Waals surface area contributed by atoms with Gasteiger partial charge in [0, 0.05) is 13.1 Å². The third-order valence-corrected chi connectivity index (χ3v) is 4.91. The summed E-state index contributed by atoms with van der Waals surface area (Å²) in [5.41, 5.74) is 0.968. The summed E-state index contributed by atoms with van der Waals surface area (Å²) in [5, 5.41) is 2.19. The highest BCUT2D eigenvalue weighted by Crippen LogP contribution is 2.31. The number of likely N-dealkylation sites (N-methyl/N-ethyl adjacent to an activating group) is 1. The monoisotopic (exact) mass is 389 g/mol. The molecule has 3 aromatic carbocycles. The molecule has 0 N–H and O–H groups in total. The molecule has 0 aromatic heterocycles. The van der Waals surface area contributed by atoms with Gasteiger partial charge in [-0.3, -0.25) is 4.79 Å². The Hall–Kier alpha value is -3.47. The van der Waals surface area contributed by atoms with Crippen LogP contribution in [0, 0.1) is 0 Å². The van der Waals surface area contributed by atoms with Crippen LogP contribution in [-0.4, -0.2) is 44.2 Å². The summed E-state index contributed by atoms with van der Waals surface area (Å²) in [6.07, 6.45) is 3.22. The number of hydrogen-bond acceptors (Lipinski definition) is 4. The van der Waals surface area contributed by atoms with Crippen LogP contribution < -0.4 is 14.2 Å². The number of carbonyl (C=O) groups excluding carboxylic acids is 1. The maximum atomic E-state index is 12.5. The molecule has 29 heavy (non-hydrogen) atoms. The van der Waals surface area contributed by atoms with Gasteiger partial charge in [-0.05, 0) is 52.7 Å². The standard InChI is InChI=1S/C24H23NO4/c1-25(15-21-16-28-22-5-3-4-6-23(22)29-21)24(26)12-8-17-7-9-19-14-20(27-2)11-10-18(19)13-17/h3-14,21H,15-16H2,1-2H3. The molecule has 1 unspecified atom stereocenters. The summed E-state index contributed by atoms with van der Waals surface area (Å²) >= 11 is 0. The molecule has 3 aromatic rings. The first kappa shape index (κ1) is 18.9. The van der Waals surface area contributed by atoms with Crippen LogP contribution in [0.5, 0.6) is 17.2 Å². The van der Waals surface area contributed by atoms with E-state index in [-0.39, 0.29) is 12.0 Å². The Bertz CT molecular complexity index is 1060. The SMILES string of the molecule is COc1ccc2cc(C=CC(=O)N(C)CC3COc4ccccc4O3)ccc2c1. The molecule has 1 aliphatic rings. The Labute approximate surface area is 170 Å². The Kier molecular flexibility index (Phi) is 5.38. The van der Waals surface area contributed by atoms with E-state index in [1.54, 1.807) is 25.1 Å². The number of amides is 1. The third kappa shape index (κ3) is 4.35. The van der Waals surface area contributed by atoms with E-state index in [0.29, 0.717) is 18.9 Å². The quantitative estimate of drug-likeness (QED) is 0.615. The lowest BCUT2D eigenvalue weighted by atomic mass is 10.1. The zero-order valence-corrected chi connectivity index (χ0v) is 16.5. The highest BCUT2D eigenvalue weighted by molar-refractivity contribution is 5.93. The van der Waals surface area contributed by atoms with Crippen LogP contribution in [0.4, 0.5) is 0 Å². The van der Waals surface area contributed by atoms with Crippen molar-refractivity contribution in [1.82, 2.24) is 4.90 Å². The molecule has 1 atom stereocenters. The maximum absolute atomic E-state index is 12.5. The van der Waals surface area contributed by atoms with Crippen LogP contribution in [0.3, 0.4) is 0 Å². The largest absolute Gasteiger partial charge is 0.497 e. The molecule has 0 bridgehead atoms. The lowest BCUT2D eigenvalue weighted by molar-refractivity contribution is -0.126. The highest BCUT2D eigenvalue weighted by Gasteiger charge is 2.23. The predicted octanol–water partition coefficient (Wildman–Crippen LogP) is 4.16. The van der Waals surface area contributed by atoms with Gasteiger partial charge in [0.15, 0.2) is 17.6 Å². The van der Waals surface area contributed by atoms with Crippen LogP contribution in [-0.2, 0) is 4.79 Å². The fourth-order valence-electron chi connectivity index (χ4n) is 3.32. The van der Waals surface area contributed by atoms with E-state index in [9.17, 15) is 4.79 Å². The van der Waals surface area contributed by atoms with Crippen LogP contribution in [0.15, 0.2) is 66.7 Å². The second-order valence-corrected chi connectivity index (χ2v) is 7.02. The molecule has 148 valence electrons. The average molecular weight is 389 g/mol. The van der Waals surface area contributed by atoms with E-state index in [0.717, 1.165) is 27.8 Å². The van der Waals surface area contributed by atoms with Gasteiger partial charge in [-0.1, -0.05) is 30.3 Å². The van der Waals surface area contributed by atoms with Crippen molar-refractivity contribution < 1.29 is 19.0 Å². The molecule has 0 spiro atoms. The van der Waals surface area contributed by atoms with Gasteiger partial charge in [0.2, 0.25) is 5.91 Å². The van der Waals surface area contributed by atoms with Crippen molar-refractivity contribution in [2.24, 2.45) is 0 Å². The summed E-state index contributed by atoms with van der Waals surface area (Å²) in [5.74, 6) is 2.20. The van der Waals surface area contributed by atoms with Gasteiger partial charge in [0.25, 0.3) is 0 Å². The molecule has 0 aliphatic carbocycles. The predicted molar refractivity (Wildman–Crippen MR) is 114 cm³/mol. The van der Waals surface area contributed by atoms with Crippen LogP contribution in [0.2, 0.25) is 0 Å². The van der Waals surface area contributed by atoms with Gasteiger partial charge in [-0.25, -0.2) is 0 Å². The van der Waals surface area contributed by atoms with Crippen molar-refractivity contribution in [2.45, 2.75) is 6.10 Å². The van der Waals surface area contributed by atoms with E-state index < -0.39 is 0 Å². The van der Waals surface area contributed by atoms with Crippen molar-refractivity contribution in [2.75, 3.05) is 27.3 Å². The number of ether oxygens (including phenoxy) is 3. The van der Waals surface area contributed by atoms with E-state index in [4.69, 9.17) is 14.2 Å². The zero-order chi connectivity index (χ0) is 20.2. The molecule has 1 heterocycles. The Morgan fingerprint density at radius 1 is 1.10 bits per heavy atom. The van der Waals surface area contributed by atoms with Gasteiger partial charge in [-0.2, -0.15) is 0 Å². The fourth-order valence-corrected chi connectivity index (χ4v) is 3.32. The van der Waals surface area contributed by atoms with E-state index in [1.165, 1.54) is 0 Å². The lowest BCUT2D eigenvalue weighted by Gasteiger charge is -2.29. The van der Waals surface area contributed by atoms with Crippen LogP contribution in [0.1, 0.15) is 5.56 Å². The Morgan fingerprint density at radius 2 is 1.86 bits per heavy atom. The van der Waals surface area contributed by atoms with E-state index in [1.807, 2.05) is 66.7 Å². The summed E-state index contributed by atoms with van der Waals surface area (Å²) in [6.45, 7) is 0.876. The Morgan fingerprint density at radius 3 is 2.69 bits per heavy atom. The molecule has 1 amide bonds. The molecule has 0 saturated carbocycles. The number of hydrogen-bond donors (Lipinski definition) is 0. The van der Waals surface area contributed by atoms with E-state index in [2.05, 4.69) is 0 Å². The summed E-state index contributed by atoms with van der Waals surface area (Å²) in [4.78, 5) is 14.2. The molecule has 0 saturated heterocycles. The first-order valence-corrected chi connectivity index (χ1v) is 9.52. The number of nitrogens with zero attached hydrogens (tertiary/aromatic N) is 1. The minimum atomic E-state index is -0.192. The summed E-state index contributed by atoms with van der Waals surface area (Å²) in [6, 6.07) is 19.6. The molecule has 5 heteroatoms. The highest BCUT2D eigenvalue weighted by atomic mass is 16.6. The molecular formula is C24H23NO4. The molecular weight excluding hydrogens is 366 g/mol. The van der Waals surface area contributed by atoms with Crippen LogP contribution >= 0.6 is 0 Å². The minimum absolute atomic E-state index is 0.0812. The smallest absolute Gasteiger partial charge is 0.246 e. The van der Waals surface area contributed by atoms with Crippen molar-refractivity contribution in [1.29, 1.82) is 0 Å². The normalized spacial score (nSPS) is 15.4. The van der Waals surface area contributed by atoms with Crippen molar-refractivity contribution in [3.63, 3.8) is 0 Å². The van der Waals surface area contributed by atoms with Crippen molar-refractivity contribution in [3.05, 3.63) is 72.3 Å². The van der Waals surface area contributed by atoms with E-state index >= 15 is 0 Å². The van der Waals surface area contributed by atoms with Gasteiger partial charge >= 0.3 is 0 Å². The van der Waals surface area contributed by atoms with Gasteiger partial charge in [0.1, 0.15) is 12.4 Å². The topological polar surface area (TPSA) is 48.0 Å². The van der Waals surface area contributed by atoms with Crippen molar-refractivity contribution >= 4 is 22.8 Å². The average Bonchev–Trinajstić information content (AvgIpc) is 2.76. The maximum Gasteiger partial charge on any atom is 0.246 e. The first-order valence-electron chi connectivity index (χ1n) is 9.52. The van der Waals surface area contributed by atoms with Gasteiger partial charge in [0.05, 0.1) is 13.7 Å². The molecule has 0 radical (unpaired) electrons. The molecule has 5 nitrogen and oxygen atoms in total. The number of fused-ring (bicyclic) bond motifs is 2. The second-order valence-electron chi connectivity index (χ2n) is 7.02. The third-order valence-electron chi connectivity index (χ3n) is 4.91. The minimum Gasteiger partial charge on any atom is -0.497 e. The Balaban J connectivity index is 1.38.